The minimum absolute atomic E-state index is 0.0846. The molecule has 5 nitrogen and oxygen atoms in total. The number of carbonyl (C=O) groups excluding carboxylic acids is 2. The predicted octanol–water partition coefficient (Wildman–Crippen LogP) is 4.83. The Morgan fingerprint density at radius 2 is 1.40 bits per heavy atom. The normalized spacial score (nSPS) is 10.5. The van der Waals surface area contributed by atoms with Crippen molar-refractivity contribution in [3.63, 3.8) is 0 Å². The van der Waals surface area contributed by atoms with Crippen molar-refractivity contribution in [2.45, 2.75) is 20.5 Å². The van der Waals surface area contributed by atoms with Crippen LogP contribution < -0.4 is 4.90 Å². The van der Waals surface area contributed by atoms with Crippen LogP contribution in [0.4, 0.5) is 5.69 Å². The van der Waals surface area contributed by atoms with Gasteiger partial charge in [-0.2, -0.15) is 0 Å². The largest absolute Gasteiger partial charge is 0.505 e. The number of phenols is 1. The highest BCUT2D eigenvalue weighted by molar-refractivity contribution is 6.16. The average molecular weight is 403 g/mol. The lowest BCUT2D eigenvalue weighted by Crippen LogP contribution is -2.22. The summed E-state index contributed by atoms with van der Waals surface area (Å²) >= 11 is 0. The molecule has 0 amide bonds. The van der Waals surface area contributed by atoms with E-state index in [0.717, 1.165) is 5.56 Å². The van der Waals surface area contributed by atoms with E-state index in [1.807, 2.05) is 49.1 Å². The van der Waals surface area contributed by atoms with E-state index in [-0.39, 0.29) is 29.0 Å². The van der Waals surface area contributed by atoms with Crippen LogP contribution in [0.1, 0.15) is 45.7 Å². The van der Waals surface area contributed by atoms with Gasteiger partial charge in [0.25, 0.3) is 0 Å². The molecule has 0 fully saturated rings. The summed E-state index contributed by atoms with van der Waals surface area (Å²) in [6.07, 6.45) is 0. The van der Waals surface area contributed by atoms with Gasteiger partial charge >= 0.3 is 5.97 Å². The minimum Gasteiger partial charge on any atom is -0.505 e. The quantitative estimate of drug-likeness (QED) is 0.431. The molecule has 0 bridgehead atoms. The van der Waals surface area contributed by atoms with Crippen molar-refractivity contribution in [3.8, 4) is 5.75 Å². The smallest absolute Gasteiger partial charge is 0.339 e. The lowest BCUT2D eigenvalue weighted by molar-refractivity contribution is 0.0470. The van der Waals surface area contributed by atoms with Crippen LogP contribution in [-0.2, 0) is 11.3 Å². The number of anilines is 1. The molecular weight excluding hydrogens is 378 g/mol. The number of carbonyl (C=O) groups is 2. The molecule has 0 aliphatic carbocycles. The number of para-hydroxylation sites is 1. The summed E-state index contributed by atoms with van der Waals surface area (Å²) in [4.78, 5) is 27.9. The fourth-order valence-electron chi connectivity index (χ4n) is 3.34. The van der Waals surface area contributed by atoms with Gasteiger partial charge in [0.1, 0.15) is 12.4 Å². The zero-order chi connectivity index (χ0) is 21.5. The molecule has 30 heavy (non-hydrogen) atoms. The number of nitrogens with zero attached hydrogens (tertiary/aromatic N) is 1. The first kappa shape index (κ1) is 21.1. The Bertz CT molecular complexity index is 1030. The molecule has 0 unspecified atom stereocenters. The topological polar surface area (TPSA) is 66.8 Å². The summed E-state index contributed by atoms with van der Waals surface area (Å²) in [6.45, 7) is 5.48. The summed E-state index contributed by atoms with van der Waals surface area (Å²) in [6, 6.07) is 20.9. The standard InChI is InChI=1S/C25H25NO4/c1-3-26(4-2)22-16-10-15-21(24(22)28)23(27)19-13-8-9-14-20(19)25(29)30-17-18-11-6-5-7-12-18/h5-16,28H,3-4,17H2,1-2H3. The van der Waals surface area contributed by atoms with Crippen molar-refractivity contribution in [3.05, 3.63) is 95.1 Å². The van der Waals surface area contributed by atoms with E-state index < -0.39 is 11.8 Å². The molecule has 1 N–H and O–H groups in total. The number of aromatic hydroxyl groups is 1. The summed E-state index contributed by atoms with van der Waals surface area (Å²) in [5, 5.41) is 10.8. The maximum atomic E-state index is 13.2. The van der Waals surface area contributed by atoms with Crippen molar-refractivity contribution in [2.24, 2.45) is 0 Å². The van der Waals surface area contributed by atoms with E-state index in [0.29, 0.717) is 18.8 Å². The molecule has 3 rings (SSSR count). The molecule has 154 valence electrons. The third kappa shape index (κ3) is 4.51. The van der Waals surface area contributed by atoms with Crippen LogP contribution in [0.15, 0.2) is 72.8 Å². The maximum Gasteiger partial charge on any atom is 0.339 e. The minimum atomic E-state index is -0.581. The molecule has 0 aliphatic heterocycles. The van der Waals surface area contributed by atoms with E-state index in [2.05, 4.69) is 0 Å². The van der Waals surface area contributed by atoms with E-state index in [1.165, 1.54) is 0 Å². The summed E-state index contributed by atoms with van der Waals surface area (Å²) < 4.78 is 5.41. The first-order valence-electron chi connectivity index (χ1n) is 9.98. The molecule has 5 heteroatoms. The van der Waals surface area contributed by atoms with E-state index in [4.69, 9.17) is 4.74 Å². The molecule has 3 aromatic carbocycles. The van der Waals surface area contributed by atoms with E-state index in [1.54, 1.807) is 42.5 Å². The SMILES string of the molecule is CCN(CC)c1cccc(C(=O)c2ccccc2C(=O)OCc2ccccc2)c1O. The van der Waals surface area contributed by atoms with Gasteiger partial charge in [-0.1, -0.05) is 54.6 Å². The van der Waals surface area contributed by atoms with E-state index >= 15 is 0 Å². The fraction of sp³-hybridized carbons (Fsp3) is 0.200. The Kier molecular flexibility index (Phi) is 6.86. The number of phenolic OH excluding ortho intramolecular Hbond substituents is 1. The first-order valence-corrected chi connectivity index (χ1v) is 9.98. The fourth-order valence-corrected chi connectivity index (χ4v) is 3.34. The highest BCUT2D eigenvalue weighted by Crippen LogP contribution is 2.32. The zero-order valence-electron chi connectivity index (χ0n) is 17.2. The summed E-state index contributed by atoms with van der Waals surface area (Å²) in [5.41, 5.74) is 1.98. The van der Waals surface area contributed by atoms with Gasteiger partial charge in [0.15, 0.2) is 5.78 Å². The monoisotopic (exact) mass is 403 g/mol. The Balaban J connectivity index is 1.89. The second-order valence-corrected chi connectivity index (χ2v) is 6.78. The molecular formula is C25H25NO4. The molecule has 0 saturated heterocycles. The lowest BCUT2D eigenvalue weighted by atomic mass is 9.97. The number of benzene rings is 3. The number of ketones is 1. The Labute approximate surface area is 176 Å². The Morgan fingerprint density at radius 3 is 2.07 bits per heavy atom. The number of ether oxygens (including phenoxy) is 1. The van der Waals surface area contributed by atoms with Crippen LogP contribution in [0.25, 0.3) is 0 Å². The molecule has 0 atom stereocenters. The summed E-state index contributed by atoms with van der Waals surface area (Å²) in [5.74, 6) is -1.09. The number of hydrogen-bond donors (Lipinski definition) is 1. The lowest BCUT2D eigenvalue weighted by Gasteiger charge is -2.23. The second-order valence-electron chi connectivity index (χ2n) is 6.78. The van der Waals surface area contributed by atoms with Gasteiger partial charge in [-0.15, -0.1) is 0 Å². The van der Waals surface area contributed by atoms with Crippen molar-refractivity contribution in [1.82, 2.24) is 0 Å². The van der Waals surface area contributed by atoms with Crippen LogP contribution in [0.5, 0.6) is 5.75 Å². The third-order valence-electron chi connectivity index (χ3n) is 4.97. The van der Waals surface area contributed by atoms with Crippen LogP contribution in [-0.4, -0.2) is 29.9 Å². The van der Waals surface area contributed by atoms with Gasteiger partial charge in [0.2, 0.25) is 0 Å². The number of hydrogen-bond acceptors (Lipinski definition) is 5. The van der Waals surface area contributed by atoms with Crippen LogP contribution in [0.2, 0.25) is 0 Å². The molecule has 0 aliphatic rings. The molecule has 3 aromatic rings. The average Bonchev–Trinajstić information content (AvgIpc) is 2.79. The van der Waals surface area contributed by atoms with E-state index in [9.17, 15) is 14.7 Å². The van der Waals surface area contributed by atoms with Crippen molar-refractivity contribution in [2.75, 3.05) is 18.0 Å². The summed E-state index contributed by atoms with van der Waals surface area (Å²) in [7, 11) is 0. The van der Waals surface area contributed by atoms with Crippen molar-refractivity contribution in [1.29, 1.82) is 0 Å². The number of rotatable bonds is 8. The Morgan fingerprint density at radius 1 is 0.800 bits per heavy atom. The molecule has 0 spiro atoms. The van der Waals surface area contributed by atoms with Crippen LogP contribution in [0.3, 0.4) is 0 Å². The highest BCUT2D eigenvalue weighted by Gasteiger charge is 2.23. The van der Waals surface area contributed by atoms with Gasteiger partial charge in [-0.05, 0) is 37.6 Å². The van der Waals surface area contributed by atoms with Crippen molar-refractivity contribution < 1.29 is 19.4 Å². The second kappa shape index (κ2) is 9.74. The van der Waals surface area contributed by atoms with Gasteiger partial charge < -0.3 is 14.7 Å². The molecule has 0 heterocycles. The van der Waals surface area contributed by atoms with Crippen LogP contribution in [0, 0.1) is 0 Å². The van der Waals surface area contributed by atoms with Crippen LogP contribution >= 0.6 is 0 Å². The highest BCUT2D eigenvalue weighted by atomic mass is 16.5. The molecule has 0 saturated carbocycles. The first-order chi connectivity index (χ1) is 14.6. The van der Waals surface area contributed by atoms with Gasteiger partial charge in [-0.25, -0.2) is 4.79 Å². The molecule has 0 aromatic heterocycles. The van der Waals surface area contributed by atoms with Crippen molar-refractivity contribution >= 4 is 17.4 Å². The van der Waals surface area contributed by atoms with Gasteiger partial charge in [0, 0.05) is 18.7 Å². The predicted molar refractivity (Wildman–Crippen MR) is 117 cm³/mol. The van der Waals surface area contributed by atoms with Gasteiger partial charge in [0.05, 0.1) is 16.8 Å². The Hall–Kier alpha value is -3.60. The van der Waals surface area contributed by atoms with Gasteiger partial charge in [-0.3, -0.25) is 4.79 Å². The third-order valence-corrected chi connectivity index (χ3v) is 4.97. The zero-order valence-corrected chi connectivity index (χ0v) is 17.2. The maximum absolute atomic E-state index is 13.2. The number of esters is 1. The molecule has 0 radical (unpaired) electrons.